The number of rotatable bonds is 5. The maximum absolute atomic E-state index is 14.0. The fourth-order valence-electron chi connectivity index (χ4n) is 6.67. The summed E-state index contributed by atoms with van der Waals surface area (Å²) in [5.41, 5.74) is 1.53. The number of carbonyl (C=O) groups is 4. The van der Waals surface area contributed by atoms with E-state index in [0.29, 0.717) is 49.1 Å². The first-order valence-corrected chi connectivity index (χ1v) is 14.7. The first kappa shape index (κ1) is 28.5. The van der Waals surface area contributed by atoms with E-state index in [0.717, 1.165) is 0 Å². The number of amides is 3. The van der Waals surface area contributed by atoms with Gasteiger partial charge in [0.2, 0.25) is 0 Å². The van der Waals surface area contributed by atoms with Gasteiger partial charge in [0, 0.05) is 49.8 Å². The molecule has 0 fully saturated rings. The van der Waals surface area contributed by atoms with Gasteiger partial charge in [0.05, 0.1) is 5.56 Å². The molecule has 1 aliphatic heterocycles. The lowest BCUT2D eigenvalue weighted by molar-refractivity contribution is 0.0697. The third kappa shape index (κ3) is 4.18. The quantitative estimate of drug-likeness (QED) is 0.0282. The van der Waals surface area contributed by atoms with Crippen LogP contribution in [-0.2, 0) is 0 Å². The van der Waals surface area contributed by atoms with E-state index < -0.39 is 23.7 Å². The summed E-state index contributed by atoms with van der Waals surface area (Å²) in [6.45, 7) is 0. The van der Waals surface area contributed by atoms with Crippen molar-refractivity contribution in [3.05, 3.63) is 119 Å². The topological polar surface area (TPSA) is 189 Å². The van der Waals surface area contributed by atoms with Gasteiger partial charge in [-0.25, -0.2) is 4.79 Å². The van der Waals surface area contributed by atoms with E-state index in [-0.39, 0.29) is 50.5 Å². The van der Waals surface area contributed by atoms with Crippen LogP contribution < -0.4 is 16.0 Å². The lowest BCUT2D eigenvalue weighted by Crippen LogP contribution is -2.34. The Hall–Kier alpha value is -7.01. The Morgan fingerprint density at radius 3 is 1.71 bits per heavy atom. The number of carbonyl (C=O) groups excluding carboxylic acids is 3. The van der Waals surface area contributed by atoms with Crippen LogP contribution in [0.3, 0.4) is 0 Å². The molecule has 0 saturated carbocycles. The maximum atomic E-state index is 14.0. The van der Waals surface area contributed by atoms with E-state index >= 15 is 0 Å². The average molecular weight is 635 g/mol. The van der Waals surface area contributed by atoms with E-state index in [1.165, 1.54) is 42.5 Å². The van der Waals surface area contributed by atoms with Crippen LogP contribution in [0.1, 0.15) is 47.0 Å². The molecule has 1 aliphatic rings. The molecule has 232 valence electrons. The molecule has 7 N–H and O–H groups in total. The molecule has 0 aliphatic carbocycles. The molecule has 11 nitrogen and oxygen atoms in total. The molecule has 0 atom stereocenters. The van der Waals surface area contributed by atoms with Crippen LogP contribution in [-0.4, -0.2) is 44.8 Å². The van der Waals surface area contributed by atoms with Gasteiger partial charge in [0.15, 0.2) is 0 Å². The smallest absolute Gasteiger partial charge is 0.336 e. The van der Waals surface area contributed by atoms with E-state index in [9.17, 15) is 34.5 Å². The lowest BCUT2D eigenvalue weighted by atomic mass is 9.81. The standard InChI is InChI=1S/C37H22N4O7/c38-33(39-16-1-5-18(42)6-2-16)26-15-27(37(47)48)29-22-11-14-24-30-23(35(45)41-36(24)46)12-9-20(28(22)30)21-10-13-25(31(26)32(21)29)34(44)40-17-3-7-19(43)8-4-17/h1-15,42-43H,(H2,38,39)(H,40,44)(H,47,48)(H,41,45,46). The highest BCUT2D eigenvalue weighted by atomic mass is 16.4. The number of aromatic carboxylic acids is 1. The summed E-state index contributed by atoms with van der Waals surface area (Å²) in [5.74, 6) is -3.11. The Kier molecular flexibility index (Phi) is 6.08. The second kappa shape index (κ2) is 10.3. The second-order valence-electron chi connectivity index (χ2n) is 11.5. The number of carboxylic acids is 1. The number of carboxylic acid groups (broad SMARTS) is 1. The van der Waals surface area contributed by atoms with Crippen LogP contribution in [0.25, 0.3) is 43.1 Å². The molecule has 3 amide bonds. The number of fused-ring (bicyclic) bond motifs is 2. The highest BCUT2D eigenvalue weighted by Gasteiger charge is 2.30. The average Bonchev–Trinajstić information content (AvgIpc) is 3.07. The number of amidine groups is 1. The van der Waals surface area contributed by atoms with Crippen LogP contribution >= 0.6 is 0 Å². The molecule has 7 aromatic carbocycles. The SMILES string of the molecule is N=C(Nc1ccc(O)cc1)c1cc(C(=O)O)c2c3ccc4c5c(ccc(c6ccc(C(=O)Nc7ccc(O)cc7)c1c62)c53)C(=O)NC4=O. The van der Waals surface area contributed by atoms with Gasteiger partial charge in [-0.15, -0.1) is 0 Å². The number of nitrogens with one attached hydrogen (secondary N) is 4. The van der Waals surface area contributed by atoms with E-state index in [1.54, 1.807) is 48.5 Å². The van der Waals surface area contributed by atoms with Gasteiger partial charge in [-0.05, 0) is 99.7 Å². The zero-order valence-corrected chi connectivity index (χ0v) is 24.6. The van der Waals surface area contributed by atoms with Crippen LogP contribution in [0.2, 0.25) is 0 Å². The fraction of sp³-hybridized carbons (Fsp3) is 0. The molecule has 0 radical (unpaired) electrons. The number of hydrogen-bond donors (Lipinski definition) is 7. The minimum absolute atomic E-state index is 0.0184. The molecule has 7 aromatic rings. The van der Waals surface area contributed by atoms with Gasteiger partial charge in [-0.1, -0.05) is 18.2 Å². The minimum Gasteiger partial charge on any atom is -0.508 e. The summed E-state index contributed by atoms with van der Waals surface area (Å²) in [4.78, 5) is 52.7. The van der Waals surface area contributed by atoms with Gasteiger partial charge < -0.3 is 26.0 Å². The van der Waals surface area contributed by atoms with Gasteiger partial charge in [-0.2, -0.15) is 0 Å². The molecule has 48 heavy (non-hydrogen) atoms. The first-order chi connectivity index (χ1) is 23.1. The number of benzene rings is 7. The molecule has 11 heteroatoms. The van der Waals surface area contributed by atoms with Crippen molar-refractivity contribution in [2.45, 2.75) is 0 Å². The number of imide groups is 1. The minimum atomic E-state index is -1.28. The van der Waals surface area contributed by atoms with Crippen LogP contribution in [0, 0.1) is 5.41 Å². The van der Waals surface area contributed by atoms with Gasteiger partial charge in [-0.3, -0.25) is 25.1 Å². The summed E-state index contributed by atoms with van der Waals surface area (Å²) >= 11 is 0. The molecule has 0 saturated heterocycles. The third-order valence-corrected chi connectivity index (χ3v) is 8.73. The summed E-state index contributed by atoms with van der Waals surface area (Å²) in [5, 5.41) is 50.9. The summed E-state index contributed by atoms with van der Waals surface area (Å²) < 4.78 is 0. The number of hydrogen-bond acceptors (Lipinski definition) is 7. The lowest BCUT2D eigenvalue weighted by Gasteiger charge is -2.23. The number of phenols is 2. The first-order valence-electron chi connectivity index (χ1n) is 14.7. The molecule has 1 heterocycles. The highest BCUT2D eigenvalue weighted by Crippen LogP contribution is 2.46. The van der Waals surface area contributed by atoms with Crippen LogP contribution in [0.5, 0.6) is 11.5 Å². The number of anilines is 2. The molecule has 8 rings (SSSR count). The van der Waals surface area contributed by atoms with Crippen molar-refractivity contribution in [1.29, 1.82) is 5.41 Å². The van der Waals surface area contributed by atoms with Crippen molar-refractivity contribution in [1.82, 2.24) is 5.32 Å². The zero-order chi connectivity index (χ0) is 33.4. The van der Waals surface area contributed by atoms with Crippen LogP contribution in [0.4, 0.5) is 11.4 Å². The van der Waals surface area contributed by atoms with E-state index in [4.69, 9.17) is 5.41 Å². The van der Waals surface area contributed by atoms with Crippen molar-refractivity contribution in [3.8, 4) is 11.5 Å². The Morgan fingerprint density at radius 2 is 1.10 bits per heavy atom. The monoisotopic (exact) mass is 634 g/mol. The number of phenolic OH excluding ortho intramolecular Hbond substituents is 2. The molecular weight excluding hydrogens is 612 g/mol. The largest absolute Gasteiger partial charge is 0.508 e. The molecule has 0 spiro atoms. The summed E-state index contributed by atoms with van der Waals surface area (Å²) in [7, 11) is 0. The Balaban J connectivity index is 1.49. The summed E-state index contributed by atoms with van der Waals surface area (Å²) in [6.07, 6.45) is 0. The van der Waals surface area contributed by atoms with Gasteiger partial charge >= 0.3 is 5.97 Å². The fourth-order valence-corrected chi connectivity index (χ4v) is 6.67. The van der Waals surface area contributed by atoms with Crippen molar-refractivity contribution in [3.63, 3.8) is 0 Å². The van der Waals surface area contributed by atoms with E-state index in [1.807, 2.05) is 0 Å². The predicted molar refractivity (Wildman–Crippen MR) is 181 cm³/mol. The molecule has 0 bridgehead atoms. The molecule has 0 aromatic heterocycles. The Bertz CT molecular complexity index is 2570. The summed E-state index contributed by atoms with van der Waals surface area (Å²) in [6, 6.07) is 23.1. The van der Waals surface area contributed by atoms with Crippen molar-refractivity contribution in [2.75, 3.05) is 10.6 Å². The van der Waals surface area contributed by atoms with Crippen molar-refractivity contribution < 1.29 is 34.5 Å². The second-order valence-corrected chi connectivity index (χ2v) is 11.5. The van der Waals surface area contributed by atoms with Crippen LogP contribution in [0.15, 0.2) is 91.0 Å². The molecular formula is C37H22N4O7. The molecule has 0 unspecified atom stereocenters. The predicted octanol–water partition coefficient (Wildman–Crippen LogP) is 6.42. The van der Waals surface area contributed by atoms with E-state index in [2.05, 4.69) is 16.0 Å². The highest BCUT2D eigenvalue weighted by molar-refractivity contribution is 6.42. The van der Waals surface area contributed by atoms with Gasteiger partial charge in [0.1, 0.15) is 17.3 Å². The normalized spacial score (nSPS) is 12.5. The third-order valence-electron chi connectivity index (χ3n) is 8.73. The van der Waals surface area contributed by atoms with Crippen molar-refractivity contribution in [2.24, 2.45) is 0 Å². The Morgan fingerprint density at radius 1 is 0.562 bits per heavy atom. The zero-order valence-electron chi connectivity index (χ0n) is 24.6. The number of aromatic hydroxyl groups is 2. The Labute approximate surface area is 269 Å². The maximum Gasteiger partial charge on any atom is 0.336 e. The van der Waals surface area contributed by atoms with Crippen molar-refractivity contribution >= 4 is 84.0 Å². The van der Waals surface area contributed by atoms with Gasteiger partial charge in [0.25, 0.3) is 17.7 Å².